The zero-order chi connectivity index (χ0) is 12.8. The monoisotopic (exact) mass is 299 g/mol. The van der Waals surface area contributed by atoms with Gasteiger partial charge in [-0.2, -0.15) is 0 Å². The lowest BCUT2D eigenvalue weighted by Gasteiger charge is -2.08. The van der Waals surface area contributed by atoms with Crippen molar-refractivity contribution in [2.24, 2.45) is 5.73 Å². The molecule has 0 aliphatic carbocycles. The number of rotatable bonds is 5. The van der Waals surface area contributed by atoms with E-state index in [2.05, 4.69) is 26.2 Å². The summed E-state index contributed by atoms with van der Waals surface area (Å²) >= 11 is 3.28. The van der Waals surface area contributed by atoms with Crippen LogP contribution in [0, 0.1) is 6.92 Å². The van der Waals surface area contributed by atoms with Crippen LogP contribution in [0.3, 0.4) is 0 Å². The quantitative estimate of drug-likeness (QED) is 0.821. The summed E-state index contributed by atoms with van der Waals surface area (Å²) in [5.74, 6) is 0.0119. The Kier molecular flexibility index (Phi) is 5.58. The smallest absolute Gasteiger partial charge is 0.224 e. The number of carbonyl (C=O) groups excluding carboxylic acids is 1. The zero-order valence-electron chi connectivity index (χ0n) is 10.2. The van der Waals surface area contributed by atoms with Gasteiger partial charge in [0.15, 0.2) is 0 Å². The molecule has 3 N–H and O–H groups in total. The number of amides is 1. The second-order valence-corrected chi connectivity index (χ2v) is 5.00. The van der Waals surface area contributed by atoms with Gasteiger partial charge in [-0.15, -0.1) is 0 Å². The van der Waals surface area contributed by atoms with E-state index < -0.39 is 0 Å². The maximum Gasteiger partial charge on any atom is 0.224 e. The molecule has 1 rings (SSSR count). The van der Waals surface area contributed by atoms with Crippen LogP contribution in [0.1, 0.15) is 31.9 Å². The molecule has 0 fully saturated rings. The first-order chi connectivity index (χ1) is 7.99. The maximum atomic E-state index is 11.6. The lowest BCUT2D eigenvalue weighted by atomic mass is 10.1. The Morgan fingerprint density at radius 3 is 2.88 bits per heavy atom. The predicted molar refractivity (Wildman–Crippen MR) is 72.8 cm³/mol. The van der Waals surface area contributed by atoms with E-state index in [1.54, 1.807) is 0 Å². The molecule has 0 spiro atoms. The summed E-state index contributed by atoms with van der Waals surface area (Å²) in [5, 5.41) is 2.85. The highest BCUT2D eigenvalue weighted by molar-refractivity contribution is 9.10. The van der Waals surface area contributed by atoms with Crippen molar-refractivity contribution in [3.05, 3.63) is 22.4 Å². The Morgan fingerprint density at radius 2 is 2.29 bits per heavy atom. The molecule has 1 aromatic rings. The molecule has 4 nitrogen and oxygen atoms in total. The topological polar surface area (TPSA) is 68.0 Å². The van der Waals surface area contributed by atoms with Crippen LogP contribution in [-0.2, 0) is 4.79 Å². The number of carbonyl (C=O) groups is 1. The van der Waals surface area contributed by atoms with Crippen molar-refractivity contribution in [3.63, 3.8) is 0 Å². The summed E-state index contributed by atoms with van der Waals surface area (Å²) < 4.78 is 0.768. The third kappa shape index (κ3) is 5.28. The van der Waals surface area contributed by atoms with Gasteiger partial charge in [0, 0.05) is 12.5 Å². The summed E-state index contributed by atoms with van der Waals surface area (Å²) in [7, 11) is 0. The standard InChI is InChI=1S/C12H18BrN3O/c1-8(14)4-3-5-12(17)16-10-6-7-11(13)15-9(10)2/h6-8H,3-5,14H2,1-2H3,(H,16,17). The largest absolute Gasteiger partial charge is 0.328 e. The Balaban J connectivity index is 2.45. The fourth-order valence-corrected chi connectivity index (χ4v) is 1.86. The highest BCUT2D eigenvalue weighted by Gasteiger charge is 2.06. The van der Waals surface area contributed by atoms with Gasteiger partial charge in [-0.05, 0) is 54.8 Å². The molecule has 17 heavy (non-hydrogen) atoms. The molecule has 1 atom stereocenters. The van der Waals surface area contributed by atoms with Gasteiger partial charge < -0.3 is 11.1 Å². The number of aryl methyl sites for hydroxylation is 1. The first kappa shape index (κ1) is 14.1. The first-order valence-corrected chi connectivity index (χ1v) is 6.47. The minimum Gasteiger partial charge on any atom is -0.328 e. The number of nitrogens with one attached hydrogen (secondary N) is 1. The normalized spacial score (nSPS) is 12.2. The van der Waals surface area contributed by atoms with E-state index >= 15 is 0 Å². The van der Waals surface area contributed by atoms with Crippen LogP contribution in [-0.4, -0.2) is 16.9 Å². The molecule has 0 saturated heterocycles. The van der Waals surface area contributed by atoms with Gasteiger partial charge in [-0.3, -0.25) is 4.79 Å². The van der Waals surface area contributed by atoms with Gasteiger partial charge in [-0.25, -0.2) is 4.98 Å². The van der Waals surface area contributed by atoms with Gasteiger partial charge in [-0.1, -0.05) is 0 Å². The summed E-state index contributed by atoms with van der Waals surface area (Å²) in [6, 6.07) is 3.80. The average Bonchev–Trinajstić information content (AvgIpc) is 2.21. The van der Waals surface area contributed by atoms with Crippen LogP contribution in [0.2, 0.25) is 0 Å². The Labute approximate surface area is 110 Å². The molecule has 0 saturated carbocycles. The number of nitrogens with zero attached hydrogens (tertiary/aromatic N) is 1. The minimum atomic E-state index is 0.0119. The average molecular weight is 300 g/mol. The Bertz CT molecular complexity index is 393. The molecule has 0 bridgehead atoms. The highest BCUT2D eigenvalue weighted by Crippen LogP contribution is 2.16. The number of hydrogen-bond donors (Lipinski definition) is 2. The fourth-order valence-electron chi connectivity index (χ4n) is 1.46. The van der Waals surface area contributed by atoms with E-state index in [1.807, 2.05) is 26.0 Å². The van der Waals surface area contributed by atoms with E-state index in [-0.39, 0.29) is 11.9 Å². The molecule has 1 aromatic heterocycles. The van der Waals surface area contributed by atoms with Crippen LogP contribution < -0.4 is 11.1 Å². The van der Waals surface area contributed by atoms with Crippen molar-refractivity contribution in [3.8, 4) is 0 Å². The van der Waals surface area contributed by atoms with Gasteiger partial charge in [0.2, 0.25) is 5.91 Å². The van der Waals surface area contributed by atoms with E-state index in [0.29, 0.717) is 6.42 Å². The molecule has 94 valence electrons. The third-order valence-corrected chi connectivity index (χ3v) is 2.83. The van der Waals surface area contributed by atoms with Crippen molar-refractivity contribution in [1.29, 1.82) is 0 Å². The summed E-state index contributed by atoms with van der Waals surface area (Å²) in [5.41, 5.74) is 7.19. The van der Waals surface area contributed by atoms with Crippen LogP contribution in [0.5, 0.6) is 0 Å². The molecular formula is C12H18BrN3O. The van der Waals surface area contributed by atoms with E-state index in [4.69, 9.17) is 5.73 Å². The van der Waals surface area contributed by atoms with E-state index in [9.17, 15) is 4.79 Å². The summed E-state index contributed by atoms with van der Waals surface area (Å²) in [6.07, 6.45) is 2.18. The van der Waals surface area contributed by atoms with Gasteiger partial charge in [0.25, 0.3) is 0 Å². The van der Waals surface area contributed by atoms with E-state index in [1.165, 1.54) is 0 Å². The number of halogens is 1. The Morgan fingerprint density at radius 1 is 1.59 bits per heavy atom. The molecule has 0 radical (unpaired) electrons. The SMILES string of the molecule is Cc1nc(Br)ccc1NC(=O)CCCC(C)N. The van der Waals surface area contributed by atoms with E-state index in [0.717, 1.165) is 28.8 Å². The van der Waals surface area contributed by atoms with Crippen molar-refractivity contribution >= 4 is 27.5 Å². The molecule has 0 aromatic carbocycles. The Hall–Kier alpha value is -0.940. The molecule has 1 unspecified atom stereocenters. The molecular weight excluding hydrogens is 282 g/mol. The summed E-state index contributed by atoms with van der Waals surface area (Å²) in [4.78, 5) is 15.9. The van der Waals surface area contributed by atoms with Gasteiger partial charge in [0.05, 0.1) is 11.4 Å². The van der Waals surface area contributed by atoms with Crippen molar-refractivity contribution < 1.29 is 4.79 Å². The number of anilines is 1. The van der Waals surface area contributed by atoms with Crippen LogP contribution in [0.25, 0.3) is 0 Å². The second kappa shape index (κ2) is 6.71. The minimum absolute atomic E-state index is 0.0119. The first-order valence-electron chi connectivity index (χ1n) is 5.67. The highest BCUT2D eigenvalue weighted by atomic mass is 79.9. The lowest BCUT2D eigenvalue weighted by molar-refractivity contribution is -0.116. The number of hydrogen-bond acceptors (Lipinski definition) is 3. The predicted octanol–water partition coefficient (Wildman–Crippen LogP) is 2.61. The summed E-state index contributed by atoms with van der Waals surface area (Å²) in [6.45, 7) is 3.81. The molecule has 5 heteroatoms. The molecule has 0 aliphatic rings. The third-order valence-electron chi connectivity index (χ3n) is 2.39. The van der Waals surface area contributed by atoms with Gasteiger partial charge in [0.1, 0.15) is 4.60 Å². The lowest BCUT2D eigenvalue weighted by Crippen LogP contribution is -2.17. The number of pyridine rings is 1. The van der Waals surface area contributed by atoms with Crippen LogP contribution in [0.4, 0.5) is 5.69 Å². The number of aromatic nitrogens is 1. The second-order valence-electron chi connectivity index (χ2n) is 4.18. The van der Waals surface area contributed by atoms with Crippen molar-refractivity contribution in [2.45, 2.75) is 39.2 Å². The van der Waals surface area contributed by atoms with Crippen LogP contribution in [0.15, 0.2) is 16.7 Å². The maximum absolute atomic E-state index is 11.6. The zero-order valence-corrected chi connectivity index (χ0v) is 11.8. The van der Waals surface area contributed by atoms with Gasteiger partial charge >= 0.3 is 0 Å². The van der Waals surface area contributed by atoms with Crippen molar-refractivity contribution in [1.82, 2.24) is 4.98 Å². The number of nitrogens with two attached hydrogens (primary N) is 1. The van der Waals surface area contributed by atoms with Crippen LogP contribution >= 0.6 is 15.9 Å². The molecule has 0 aliphatic heterocycles. The molecule has 1 heterocycles. The fraction of sp³-hybridized carbons (Fsp3) is 0.500. The van der Waals surface area contributed by atoms with Crippen molar-refractivity contribution in [2.75, 3.05) is 5.32 Å². The molecule has 1 amide bonds.